The number of anilines is 1. The van der Waals surface area contributed by atoms with Crippen molar-refractivity contribution in [1.29, 1.82) is 0 Å². The smallest absolute Gasteiger partial charge is 0.260 e. The fraction of sp³-hybridized carbons (Fsp3) is 0.0556. The number of aromatic nitrogens is 4. The number of thiophene rings is 1. The average Bonchev–Trinajstić information content (AvgIpc) is 2.99. The first-order valence-electron chi connectivity index (χ1n) is 7.80. The third kappa shape index (κ3) is 2.66. The number of rotatable bonds is 3. The molecule has 0 saturated carbocycles. The van der Waals surface area contributed by atoms with E-state index in [1.54, 1.807) is 6.20 Å². The number of pyridine rings is 2. The van der Waals surface area contributed by atoms with Gasteiger partial charge in [-0.15, -0.1) is 11.3 Å². The highest BCUT2D eigenvalue weighted by molar-refractivity contribution is 7.21. The van der Waals surface area contributed by atoms with Crippen LogP contribution in [0.2, 0.25) is 0 Å². The second-order valence-corrected chi connectivity index (χ2v) is 6.66. The third-order valence-corrected chi connectivity index (χ3v) is 4.95. The molecule has 0 aliphatic carbocycles. The molecule has 0 bridgehead atoms. The van der Waals surface area contributed by atoms with Gasteiger partial charge in [-0.05, 0) is 31.2 Å². The van der Waals surface area contributed by atoms with Crippen molar-refractivity contribution in [3.05, 3.63) is 53.2 Å². The molecule has 4 aromatic heterocycles. The zero-order chi connectivity index (χ0) is 18.3. The Hall–Kier alpha value is -3.39. The molecule has 8 heteroatoms. The molecule has 4 rings (SSSR count). The molecule has 26 heavy (non-hydrogen) atoms. The number of fused-ring (bicyclic) bond motifs is 1. The summed E-state index contributed by atoms with van der Waals surface area (Å²) in [6.07, 6.45) is 1.67. The van der Waals surface area contributed by atoms with Crippen molar-refractivity contribution in [2.24, 2.45) is 5.73 Å². The maximum Gasteiger partial charge on any atom is 0.260 e. The summed E-state index contributed by atoms with van der Waals surface area (Å²) >= 11 is 1.15. The van der Waals surface area contributed by atoms with Crippen LogP contribution in [0, 0.1) is 6.92 Å². The number of nitrogens with zero attached hydrogens (tertiary/aromatic N) is 4. The first-order valence-corrected chi connectivity index (χ1v) is 8.61. The Bertz CT molecular complexity index is 1140. The van der Waals surface area contributed by atoms with E-state index in [2.05, 4.69) is 19.9 Å². The fourth-order valence-electron chi connectivity index (χ4n) is 2.67. The van der Waals surface area contributed by atoms with Crippen LogP contribution in [-0.2, 0) is 0 Å². The molecule has 0 aromatic carbocycles. The summed E-state index contributed by atoms with van der Waals surface area (Å²) in [5.41, 5.74) is 14.6. The Morgan fingerprint density at radius 3 is 2.54 bits per heavy atom. The Morgan fingerprint density at radius 2 is 1.85 bits per heavy atom. The van der Waals surface area contributed by atoms with Crippen molar-refractivity contribution < 1.29 is 4.79 Å². The van der Waals surface area contributed by atoms with Gasteiger partial charge in [0.15, 0.2) is 5.82 Å². The lowest BCUT2D eigenvalue weighted by molar-refractivity contribution is 0.100. The minimum absolute atomic E-state index is 0.265. The minimum Gasteiger partial charge on any atom is -0.397 e. The summed E-state index contributed by atoms with van der Waals surface area (Å²) in [6, 6.07) is 11.1. The van der Waals surface area contributed by atoms with E-state index in [9.17, 15) is 4.79 Å². The molecule has 7 nitrogen and oxygen atoms in total. The molecule has 0 aliphatic heterocycles. The van der Waals surface area contributed by atoms with Crippen molar-refractivity contribution in [2.45, 2.75) is 6.92 Å². The zero-order valence-corrected chi connectivity index (χ0v) is 14.6. The normalized spacial score (nSPS) is 11.0. The second-order valence-electron chi connectivity index (χ2n) is 5.66. The number of carbonyl (C=O) groups excluding carboxylic acids is 1. The first kappa shape index (κ1) is 16.1. The van der Waals surface area contributed by atoms with E-state index in [1.165, 1.54) is 0 Å². The monoisotopic (exact) mass is 362 g/mol. The van der Waals surface area contributed by atoms with Crippen molar-refractivity contribution in [1.82, 2.24) is 19.9 Å². The quantitative estimate of drug-likeness (QED) is 0.578. The van der Waals surface area contributed by atoms with E-state index in [4.69, 9.17) is 11.5 Å². The number of primary amides is 1. The lowest BCUT2D eigenvalue weighted by Crippen LogP contribution is -2.10. The number of aryl methyl sites for hydroxylation is 1. The lowest BCUT2D eigenvalue weighted by Gasteiger charge is -2.07. The molecule has 4 aromatic rings. The van der Waals surface area contributed by atoms with Crippen LogP contribution < -0.4 is 11.5 Å². The molecular weight excluding hydrogens is 348 g/mol. The van der Waals surface area contributed by atoms with Crippen LogP contribution in [0.5, 0.6) is 0 Å². The Morgan fingerprint density at radius 1 is 1.04 bits per heavy atom. The maximum atomic E-state index is 11.7. The van der Waals surface area contributed by atoms with Crippen molar-refractivity contribution in [2.75, 3.05) is 5.73 Å². The standard InChI is InChI=1S/C18H14N6OS/c1-9-5-4-7-10(22-9)14-12-13(19)15(16(20)25)26-18(12)24-17(23-14)11-6-2-3-8-21-11/h2-8H,19H2,1H3,(H2,20,25). The highest BCUT2D eigenvalue weighted by Gasteiger charge is 2.22. The number of nitrogens with two attached hydrogens (primary N) is 2. The van der Waals surface area contributed by atoms with E-state index in [-0.39, 0.29) is 10.6 Å². The highest BCUT2D eigenvalue weighted by atomic mass is 32.1. The molecule has 0 atom stereocenters. The van der Waals surface area contributed by atoms with Gasteiger partial charge in [-0.25, -0.2) is 9.97 Å². The Balaban J connectivity index is 2.08. The van der Waals surface area contributed by atoms with Gasteiger partial charge in [-0.1, -0.05) is 12.1 Å². The van der Waals surface area contributed by atoms with Gasteiger partial charge >= 0.3 is 0 Å². The number of nitrogen functional groups attached to an aromatic ring is 1. The van der Waals surface area contributed by atoms with Crippen LogP contribution in [0.3, 0.4) is 0 Å². The molecule has 0 radical (unpaired) electrons. The Labute approximate surface area is 152 Å². The minimum atomic E-state index is -0.590. The molecular formula is C18H14N6OS. The summed E-state index contributed by atoms with van der Waals surface area (Å²) in [5, 5.41) is 0.585. The molecule has 4 N–H and O–H groups in total. The van der Waals surface area contributed by atoms with Crippen molar-refractivity contribution >= 4 is 33.1 Å². The zero-order valence-electron chi connectivity index (χ0n) is 13.8. The number of carbonyl (C=O) groups is 1. The van der Waals surface area contributed by atoms with E-state index in [0.29, 0.717) is 33.1 Å². The highest BCUT2D eigenvalue weighted by Crippen LogP contribution is 2.38. The van der Waals surface area contributed by atoms with Crippen LogP contribution in [-0.4, -0.2) is 25.8 Å². The SMILES string of the molecule is Cc1cccc(-c2nc(-c3ccccn3)nc3sc(C(N)=O)c(N)c23)n1. The summed E-state index contributed by atoms with van der Waals surface area (Å²) in [4.78, 5) is 30.6. The van der Waals surface area contributed by atoms with Crippen LogP contribution in [0.25, 0.3) is 33.1 Å². The predicted octanol–water partition coefficient (Wildman–Crippen LogP) is 2.80. The number of amides is 1. The largest absolute Gasteiger partial charge is 0.397 e. The average molecular weight is 362 g/mol. The van der Waals surface area contributed by atoms with Gasteiger partial charge in [-0.3, -0.25) is 14.8 Å². The van der Waals surface area contributed by atoms with Gasteiger partial charge in [0, 0.05) is 11.9 Å². The summed E-state index contributed by atoms with van der Waals surface area (Å²) in [5.74, 6) is -0.151. The lowest BCUT2D eigenvalue weighted by atomic mass is 10.1. The van der Waals surface area contributed by atoms with Crippen LogP contribution >= 0.6 is 11.3 Å². The molecule has 0 aliphatic rings. The van der Waals surface area contributed by atoms with Gasteiger partial charge in [0.25, 0.3) is 5.91 Å². The molecule has 0 spiro atoms. The number of hydrogen-bond acceptors (Lipinski definition) is 7. The van der Waals surface area contributed by atoms with E-state index >= 15 is 0 Å². The van der Waals surface area contributed by atoms with Crippen LogP contribution in [0.4, 0.5) is 5.69 Å². The summed E-state index contributed by atoms with van der Waals surface area (Å²) in [6.45, 7) is 1.90. The topological polar surface area (TPSA) is 121 Å². The van der Waals surface area contributed by atoms with Gasteiger partial charge in [0.1, 0.15) is 21.1 Å². The van der Waals surface area contributed by atoms with Gasteiger partial charge in [0.05, 0.1) is 16.8 Å². The predicted molar refractivity (Wildman–Crippen MR) is 102 cm³/mol. The molecule has 0 saturated heterocycles. The summed E-state index contributed by atoms with van der Waals surface area (Å²) in [7, 11) is 0. The summed E-state index contributed by atoms with van der Waals surface area (Å²) < 4.78 is 0. The fourth-order valence-corrected chi connectivity index (χ4v) is 3.62. The van der Waals surface area contributed by atoms with Crippen LogP contribution in [0.1, 0.15) is 15.4 Å². The first-order chi connectivity index (χ1) is 12.5. The molecule has 1 amide bonds. The van der Waals surface area contributed by atoms with Crippen molar-refractivity contribution in [3.8, 4) is 22.9 Å². The van der Waals surface area contributed by atoms with Gasteiger partial charge < -0.3 is 11.5 Å². The van der Waals surface area contributed by atoms with Gasteiger partial charge in [-0.2, -0.15) is 0 Å². The molecule has 0 fully saturated rings. The molecule has 128 valence electrons. The Kier molecular flexibility index (Phi) is 3.81. The van der Waals surface area contributed by atoms with Crippen molar-refractivity contribution in [3.63, 3.8) is 0 Å². The van der Waals surface area contributed by atoms with Crippen LogP contribution in [0.15, 0.2) is 42.6 Å². The maximum absolute atomic E-state index is 11.7. The van der Waals surface area contributed by atoms with Gasteiger partial charge in [0.2, 0.25) is 0 Å². The molecule has 0 unspecified atom stereocenters. The number of hydrogen-bond donors (Lipinski definition) is 2. The third-order valence-electron chi connectivity index (χ3n) is 3.84. The van der Waals surface area contributed by atoms with E-state index < -0.39 is 5.91 Å². The second kappa shape index (κ2) is 6.16. The van der Waals surface area contributed by atoms with E-state index in [0.717, 1.165) is 17.0 Å². The van der Waals surface area contributed by atoms with E-state index in [1.807, 2.05) is 43.3 Å². The molecule has 4 heterocycles.